The molecule has 8 heavy (non-hydrogen) atoms. The van der Waals surface area contributed by atoms with Gasteiger partial charge >= 0.3 is 0 Å². The molecule has 0 saturated carbocycles. The SMILES string of the molecule is O=C1[B]CC(=O)C1=O. The van der Waals surface area contributed by atoms with E-state index in [1.54, 1.807) is 0 Å². The molecule has 1 rings (SSSR count). The molecule has 0 amide bonds. The molecule has 1 saturated heterocycles. The van der Waals surface area contributed by atoms with E-state index in [0.29, 0.717) is 0 Å². The summed E-state index contributed by atoms with van der Waals surface area (Å²) in [4.78, 5) is 30.5. The fraction of sp³-hybridized carbons (Fsp3) is 0.250. The molecule has 1 aliphatic heterocycles. The summed E-state index contributed by atoms with van der Waals surface area (Å²) in [5, 5.41) is 0. The van der Waals surface area contributed by atoms with E-state index in [9.17, 15) is 14.4 Å². The Kier molecular flexibility index (Phi) is 1.01. The largest absolute Gasteiger partial charge is 0.303 e. The van der Waals surface area contributed by atoms with Crippen LogP contribution in [0.1, 0.15) is 0 Å². The third-order valence-corrected chi connectivity index (χ3v) is 0.950. The molecule has 1 fully saturated rings. The van der Waals surface area contributed by atoms with E-state index in [0.717, 1.165) is 7.28 Å². The number of ketones is 2. The Morgan fingerprint density at radius 3 is 2.00 bits per heavy atom. The van der Waals surface area contributed by atoms with Gasteiger partial charge in [0.15, 0.2) is 11.5 Å². The smallest absolute Gasteiger partial charge is 0.252 e. The molecule has 0 atom stereocenters. The van der Waals surface area contributed by atoms with Gasteiger partial charge in [0.05, 0.1) is 0 Å². The minimum absolute atomic E-state index is 0.00231. The summed E-state index contributed by atoms with van der Waals surface area (Å²) in [7, 11) is 1.10. The third kappa shape index (κ3) is 0.578. The van der Waals surface area contributed by atoms with Crippen molar-refractivity contribution in [2.24, 2.45) is 0 Å². The highest BCUT2D eigenvalue weighted by molar-refractivity contribution is 7.03. The summed E-state index contributed by atoms with van der Waals surface area (Å²) >= 11 is 0. The topological polar surface area (TPSA) is 51.2 Å². The first-order chi connectivity index (χ1) is 3.72. The Balaban J connectivity index is 2.86. The standard InChI is InChI=1S/C4H2BO3/c6-2-1-5-4(8)3(2)7/h1H2. The molecule has 0 unspecified atom stereocenters. The summed E-state index contributed by atoms with van der Waals surface area (Å²) < 4.78 is 0. The monoisotopic (exact) mass is 109 g/mol. The van der Waals surface area contributed by atoms with Crippen LogP contribution in [0.2, 0.25) is 6.32 Å². The lowest BCUT2D eigenvalue weighted by atomic mass is 9.76. The Morgan fingerprint density at radius 2 is 1.88 bits per heavy atom. The first-order valence-corrected chi connectivity index (χ1v) is 2.16. The van der Waals surface area contributed by atoms with Crippen LogP contribution >= 0.6 is 0 Å². The van der Waals surface area contributed by atoms with E-state index in [4.69, 9.17) is 0 Å². The normalized spacial score (nSPS) is 19.2. The predicted molar refractivity (Wildman–Crippen MR) is 25.6 cm³/mol. The van der Waals surface area contributed by atoms with Crippen molar-refractivity contribution in [2.45, 2.75) is 6.32 Å². The van der Waals surface area contributed by atoms with Crippen LogP contribution in [0.3, 0.4) is 0 Å². The Hall–Kier alpha value is -0.925. The van der Waals surface area contributed by atoms with Gasteiger partial charge < -0.3 is 4.79 Å². The van der Waals surface area contributed by atoms with Gasteiger partial charge in [-0.25, -0.2) is 0 Å². The van der Waals surface area contributed by atoms with Crippen LogP contribution in [0.25, 0.3) is 0 Å². The van der Waals surface area contributed by atoms with Crippen molar-refractivity contribution in [3.63, 3.8) is 0 Å². The van der Waals surface area contributed by atoms with Crippen LogP contribution in [0, 0.1) is 0 Å². The minimum Gasteiger partial charge on any atom is -0.303 e. The number of hydrogen-bond donors (Lipinski definition) is 0. The van der Waals surface area contributed by atoms with Crippen LogP contribution < -0.4 is 0 Å². The van der Waals surface area contributed by atoms with Gasteiger partial charge in [0.2, 0.25) is 7.28 Å². The van der Waals surface area contributed by atoms with Crippen molar-refractivity contribution in [1.82, 2.24) is 0 Å². The zero-order chi connectivity index (χ0) is 6.15. The van der Waals surface area contributed by atoms with Gasteiger partial charge in [-0.05, 0) is 6.32 Å². The molecule has 0 aromatic heterocycles. The molecular weight excluding hydrogens is 107 g/mol. The molecule has 0 spiro atoms. The molecule has 0 N–H and O–H groups in total. The van der Waals surface area contributed by atoms with Gasteiger partial charge in [0, 0.05) is 0 Å². The molecule has 0 bridgehead atoms. The first-order valence-electron chi connectivity index (χ1n) is 2.16. The fourth-order valence-electron chi connectivity index (χ4n) is 0.508. The van der Waals surface area contributed by atoms with Crippen molar-refractivity contribution in [3.05, 3.63) is 0 Å². The molecule has 39 valence electrons. The van der Waals surface area contributed by atoms with E-state index in [1.807, 2.05) is 0 Å². The van der Waals surface area contributed by atoms with Crippen LogP contribution in [-0.2, 0) is 14.4 Å². The molecule has 1 aliphatic rings. The second-order valence-electron chi connectivity index (χ2n) is 1.52. The summed E-state index contributed by atoms with van der Waals surface area (Å²) in [6.45, 7) is 0. The lowest BCUT2D eigenvalue weighted by Gasteiger charge is -1.74. The Bertz CT molecular complexity index is 154. The molecule has 4 heteroatoms. The highest BCUT2D eigenvalue weighted by Crippen LogP contribution is 1.96. The number of carbonyl (C=O) groups excluding carboxylic acids is 3. The maximum absolute atomic E-state index is 10.2. The van der Waals surface area contributed by atoms with Gasteiger partial charge in [-0.15, -0.1) is 0 Å². The lowest BCUT2D eigenvalue weighted by Crippen LogP contribution is -2.13. The molecular formula is C4H2BO3. The van der Waals surface area contributed by atoms with Crippen molar-refractivity contribution < 1.29 is 14.4 Å². The van der Waals surface area contributed by atoms with Gasteiger partial charge in [0.1, 0.15) is 0 Å². The number of rotatable bonds is 0. The average Bonchev–Trinajstić information content (AvgIpc) is 1.98. The summed E-state index contributed by atoms with van der Waals surface area (Å²) in [5.41, 5.74) is -0.657. The highest BCUT2D eigenvalue weighted by atomic mass is 16.2. The van der Waals surface area contributed by atoms with E-state index < -0.39 is 17.2 Å². The predicted octanol–water partition coefficient (Wildman–Crippen LogP) is -1.21. The quantitative estimate of drug-likeness (QED) is 0.289. The molecule has 0 aliphatic carbocycles. The molecule has 1 heterocycles. The Labute approximate surface area is 46.3 Å². The average molecular weight is 109 g/mol. The molecule has 0 aromatic rings. The van der Waals surface area contributed by atoms with Crippen molar-refractivity contribution >= 4 is 24.5 Å². The van der Waals surface area contributed by atoms with E-state index in [-0.39, 0.29) is 6.32 Å². The van der Waals surface area contributed by atoms with Crippen molar-refractivity contribution in [3.8, 4) is 0 Å². The number of hydrogen-bond acceptors (Lipinski definition) is 3. The summed E-state index contributed by atoms with van der Waals surface area (Å²) in [6.07, 6.45) is -0.00231. The third-order valence-electron chi connectivity index (χ3n) is 0.950. The van der Waals surface area contributed by atoms with Gasteiger partial charge in [-0.2, -0.15) is 0 Å². The van der Waals surface area contributed by atoms with Gasteiger partial charge in [-0.3, -0.25) is 9.59 Å². The minimum atomic E-state index is -0.870. The number of Topliss-reactive ketones (excluding diaryl/α,β-unsaturated/α-hetero) is 2. The first kappa shape index (κ1) is 5.22. The second-order valence-corrected chi connectivity index (χ2v) is 1.52. The zero-order valence-corrected chi connectivity index (χ0v) is 4.01. The van der Waals surface area contributed by atoms with Crippen LogP contribution in [0.5, 0.6) is 0 Å². The van der Waals surface area contributed by atoms with Gasteiger partial charge in [-0.1, -0.05) is 0 Å². The van der Waals surface area contributed by atoms with E-state index >= 15 is 0 Å². The van der Waals surface area contributed by atoms with E-state index in [1.165, 1.54) is 0 Å². The van der Waals surface area contributed by atoms with E-state index in [2.05, 4.69) is 0 Å². The van der Waals surface area contributed by atoms with Crippen molar-refractivity contribution in [2.75, 3.05) is 0 Å². The lowest BCUT2D eigenvalue weighted by molar-refractivity contribution is -0.139. The maximum atomic E-state index is 10.2. The Morgan fingerprint density at radius 1 is 1.25 bits per heavy atom. The highest BCUT2D eigenvalue weighted by Gasteiger charge is 2.30. The molecule has 0 aromatic carbocycles. The van der Waals surface area contributed by atoms with Crippen molar-refractivity contribution in [1.29, 1.82) is 0 Å². The molecule has 3 nitrogen and oxygen atoms in total. The number of carbonyl (C=O) groups is 3. The maximum Gasteiger partial charge on any atom is 0.252 e. The molecule has 1 radical (unpaired) electrons. The fourth-order valence-corrected chi connectivity index (χ4v) is 0.508. The van der Waals surface area contributed by atoms with Crippen LogP contribution in [0.15, 0.2) is 0 Å². The van der Waals surface area contributed by atoms with Gasteiger partial charge in [0.25, 0.3) is 5.78 Å². The zero-order valence-electron chi connectivity index (χ0n) is 4.01. The summed E-state index contributed by atoms with van der Waals surface area (Å²) in [5.74, 6) is -1.46. The summed E-state index contributed by atoms with van der Waals surface area (Å²) in [6, 6.07) is 0. The van der Waals surface area contributed by atoms with Crippen LogP contribution in [0.4, 0.5) is 0 Å². The second kappa shape index (κ2) is 1.54. The van der Waals surface area contributed by atoms with Crippen LogP contribution in [-0.4, -0.2) is 24.5 Å².